The standard InChI is InChI=1S/C14H19Cl2N/c1-14(2,9-17-11-6-7-11)8-10-4-3-5-12(15)13(10)16/h3-5,11,17H,6-9H2,1-2H3. The minimum Gasteiger partial charge on any atom is -0.313 e. The molecule has 0 atom stereocenters. The van der Waals surface area contributed by atoms with Crippen molar-refractivity contribution in [2.45, 2.75) is 39.2 Å². The predicted octanol–water partition coefficient (Wildman–Crippen LogP) is 4.31. The van der Waals surface area contributed by atoms with Crippen LogP contribution in [0.15, 0.2) is 18.2 Å². The molecule has 3 heteroatoms. The molecule has 0 unspecified atom stereocenters. The zero-order valence-corrected chi connectivity index (χ0v) is 11.9. The van der Waals surface area contributed by atoms with E-state index in [0.29, 0.717) is 10.0 Å². The smallest absolute Gasteiger partial charge is 0.0624 e. The molecule has 1 saturated carbocycles. The fourth-order valence-electron chi connectivity index (χ4n) is 1.97. The second kappa shape index (κ2) is 5.17. The first kappa shape index (κ1) is 13.2. The molecule has 1 aliphatic rings. The van der Waals surface area contributed by atoms with Gasteiger partial charge < -0.3 is 5.32 Å². The minimum absolute atomic E-state index is 0.205. The average molecular weight is 272 g/mol. The summed E-state index contributed by atoms with van der Waals surface area (Å²) in [5, 5.41) is 4.93. The van der Waals surface area contributed by atoms with Crippen molar-refractivity contribution in [1.29, 1.82) is 0 Å². The summed E-state index contributed by atoms with van der Waals surface area (Å²) < 4.78 is 0. The monoisotopic (exact) mass is 271 g/mol. The largest absolute Gasteiger partial charge is 0.313 e. The molecule has 1 aliphatic carbocycles. The summed E-state index contributed by atoms with van der Waals surface area (Å²) in [5.41, 5.74) is 1.35. The third-order valence-corrected chi connectivity index (χ3v) is 4.01. The number of nitrogens with one attached hydrogen (secondary N) is 1. The normalized spacial score (nSPS) is 16.2. The number of rotatable bonds is 5. The van der Waals surface area contributed by atoms with Gasteiger partial charge in [0.2, 0.25) is 0 Å². The third-order valence-electron chi connectivity index (χ3n) is 3.15. The SMILES string of the molecule is CC(C)(CNC1CC1)Cc1cccc(Cl)c1Cl. The Labute approximate surface area is 114 Å². The van der Waals surface area contributed by atoms with Crippen LogP contribution in [-0.4, -0.2) is 12.6 Å². The fraction of sp³-hybridized carbons (Fsp3) is 0.571. The fourth-order valence-corrected chi connectivity index (χ4v) is 2.36. The summed E-state index contributed by atoms with van der Waals surface area (Å²) >= 11 is 12.3. The van der Waals surface area contributed by atoms with Gasteiger partial charge in [-0.25, -0.2) is 0 Å². The highest BCUT2D eigenvalue weighted by atomic mass is 35.5. The zero-order valence-electron chi connectivity index (χ0n) is 10.4. The number of hydrogen-bond donors (Lipinski definition) is 1. The second-order valence-corrected chi connectivity index (χ2v) is 6.49. The van der Waals surface area contributed by atoms with Crippen LogP contribution in [-0.2, 0) is 6.42 Å². The lowest BCUT2D eigenvalue weighted by Crippen LogP contribution is -2.32. The predicted molar refractivity (Wildman–Crippen MR) is 75.0 cm³/mol. The lowest BCUT2D eigenvalue weighted by Gasteiger charge is -2.26. The van der Waals surface area contributed by atoms with E-state index in [1.807, 2.05) is 12.1 Å². The molecule has 94 valence electrons. The Kier molecular flexibility index (Phi) is 4.02. The molecular formula is C14H19Cl2N. The molecule has 1 aromatic carbocycles. The van der Waals surface area contributed by atoms with Crippen LogP contribution in [0.5, 0.6) is 0 Å². The topological polar surface area (TPSA) is 12.0 Å². The zero-order chi connectivity index (χ0) is 12.5. The van der Waals surface area contributed by atoms with Gasteiger partial charge in [-0.15, -0.1) is 0 Å². The van der Waals surface area contributed by atoms with E-state index in [-0.39, 0.29) is 5.41 Å². The van der Waals surface area contributed by atoms with Gasteiger partial charge in [-0.3, -0.25) is 0 Å². The molecule has 2 rings (SSSR count). The molecule has 0 bridgehead atoms. The average Bonchev–Trinajstić information content (AvgIpc) is 3.06. The van der Waals surface area contributed by atoms with Crippen LogP contribution in [0, 0.1) is 5.41 Å². The van der Waals surface area contributed by atoms with Crippen molar-refractivity contribution < 1.29 is 0 Å². The van der Waals surface area contributed by atoms with Crippen LogP contribution in [0.25, 0.3) is 0 Å². The van der Waals surface area contributed by atoms with Crippen molar-refractivity contribution in [2.75, 3.05) is 6.54 Å². The van der Waals surface area contributed by atoms with Crippen LogP contribution in [0.1, 0.15) is 32.3 Å². The maximum Gasteiger partial charge on any atom is 0.0624 e. The van der Waals surface area contributed by atoms with Gasteiger partial charge in [-0.2, -0.15) is 0 Å². The summed E-state index contributed by atoms with van der Waals surface area (Å²) in [6.45, 7) is 5.56. The van der Waals surface area contributed by atoms with Crippen LogP contribution in [0.3, 0.4) is 0 Å². The van der Waals surface area contributed by atoms with E-state index >= 15 is 0 Å². The Balaban J connectivity index is 1.99. The van der Waals surface area contributed by atoms with Crippen molar-refractivity contribution in [1.82, 2.24) is 5.32 Å². The molecule has 1 aromatic rings. The molecule has 0 heterocycles. The molecule has 1 nitrogen and oxygen atoms in total. The number of halogens is 2. The summed E-state index contributed by atoms with van der Waals surface area (Å²) in [4.78, 5) is 0. The Hall–Kier alpha value is -0.240. The van der Waals surface area contributed by atoms with E-state index in [1.54, 1.807) is 0 Å². The first-order valence-electron chi connectivity index (χ1n) is 6.14. The summed E-state index contributed by atoms with van der Waals surface area (Å²) in [6.07, 6.45) is 3.61. The Bertz CT molecular complexity index is 397. The van der Waals surface area contributed by atoms with Gasteiger partial charge >= 0.3 is 0 Å². The van der Waals surface area contributed by atoms with E-state index in [2.05, 4.69) is 25.2 Å². The Morgan fingerprint density at radius 2 is 2.00 bits per heavy atom. The molecule has 0 aromatic heterocycles. The van der Waals surface area contributed by atoms with Gasteiger partial charge in [-0.1, -0.05) is 49.2 Å². The van der Waals surface area contributed by atoms with Gasteiger partial charge in [0.15, 0.2) is 0 Å². The van der Waals surface area contributed by atoms with Crippen LogP contribution >= 0.6 is 23.2 Å². The molecule has 0 radical (unpaired) electrons. The third kappa shape index (κ3) is 3.87. The van der Waals surface area contributed by atoms with Crippen LogP contribution < -0.4 is 5.32 Å². The first-order chi connectivity index (χ1) is 7.98. The van der Waals surface area contributed by atoms with Gasteiger partial charge in [0.1, 0.15) is 0 Å². The van der Waals surface area contributed by atoms with Crippen molar-refractivity contribution in [3.8, 4) is 0 Å². The van der Waals surface area contributed by atoms with E-state index in [0.717, 1.165) is 24.6 Å². The number of benzene rings is 1. The van der Waals surface area contributed by atoms with Crippen molar-refractivity contribution in [3.63, 3.8) is 0 Å². The van der Waals surface area contributed by atoms with Crippen molar-refractivity contribution in [2.24, 2.45) is 5.41 Å². The summed E-state index contributed by atoms with van der Waals surface area (Å²) in [6, 6.07) is 6.62. The maximum absolute atomic E-state index is 6.22. The molecule has 1 fully saturated rings. The van der Waals surface area contributed by atoms with Crippen LogP contribution in [0.2, 0.25) is 10.0 Å². The van der Waals surface area contributed by atoms with E-state index in [4.69, 9.17) is 23.2 Å². The lowest BCUT2D eigenvalue weighted by atomic mass is 9.85. The highest BCUT2D eigenvalue weighted by Gasteiger charge is 2.26. The molecule has 0 saturated heterocycles. The quantitative estimate of drug-likeness (QED) is 0.842. The summed E-state index contributed by atoms with van der Waals surface area (Å²) in [7, 11) is 0. The molecule has 17 heavy (non-hydrogen) atoms. The van der Waals surface area contributed by atoms with Crippen molar-refractivity contribution in [3.05, 3.63) is 33.8 Å². The molecular weight excluding hydrogens is 253 g/mol. The van der Waals surface area contributed by atoms with Gasteiger partial charge in [0.25, 0.3) is 0 Å². The van der Waals surface area contributed by atoms with E-state index < -0.39 is 0 Å². The van der Waals surface area contributed by atoms with Gasteiger partial charge in [0.05, 0.1) is 10.0 Å². The van der Waals surface area contributed by atoms with E-state index in [9.17, 15) is 0 Å². The first-order valence-corrected chi connectivity index (χ1v) is 6.90. The van der Waals surface area contributed by atoms with Crippen molar-refractivity contribution >= 4 is 23.2 Å². The minimum atomic E-state index is 0.205. The molecule has 0 amide bonds. The molecule has 0 spiro atoms. The Morgan fingerprint density at radius 1 is 1.29 bits per heavy atom. The number of hydrogen-bond acceptors (Lipinski definition) is 1. The van der Waals surface area contributed by atoms with Crippen LogP contribution in [0.4, 0.5) is 0 Å². The maximum atomic E-state index is 6.22. The highest BCUT2D eigenvalue weighted by molar-refractivity contribution is 6.42. The van der Waals surface area contributed by atoms with E-state index in [1.165, 1.54) is 12.8 Å². The molecule has 0 aliphatic heterocycles. The Morgan fingerprint density at radius 3 is 2.65 bits per heavy atom. The lowest BCUT2D eigenvalue weighted by molar-refractivity contribution is 0.337. The second-order valence-electron chi connectivity index (χ2n) is 5.71. The summed E-state index contributed by atoms with van der Waals surface area (Å²) in [5.74, 6) is 0. The molecule has 1 N–H and O–H groups in total. The van der Waals surface area contributed by atoms with Gasteiger partial charge in [0, 0.05) is 12.6 Å². The highest BCUT2D eigenvalue weighted by Crippen LogP contribution is 2.31. The van der Waals surface area contributed by atoms with Gasteiger partial charge in [-0.05, 0) is 36.3 Å².